The molecule has 2 aromatic rings. The molecule has 1 aromatic heterocycles. The lowest BCUT2D eigenvalue weighted by molar-refractivity contribution is -0.132. The number of amides is 1. The Morgan fingerprint density at radius 3 is 2.60 bits per heavy atom. The molecule has 5 nitrogen and oxygen atoms in total. The largest absolute Gasteiger partial charge is 0.347 e. The summed E-state index contributed by atoms with van der Waals surface area (Å²) >= 11 is 0. The van der Waals surface area contributed by atoms with E-state index >= 15 is 0 Å². The number of anilines is 1. The fraction of sp³-hybridized carbons (Fsp3) is 0.560. The van der Waals surface area contributed by atoms with Gasteiger partial charge in [0.25, 0.3) is 0 Å². The van der Waals surface area contributed by atoms with E-state index in [0.717, 1.165) is 61.0 Å². The summed E-state index contributed by atoms with van der Waals surface area (Å²) < 4.78 is 0. The van der Waals surface area contributed by atoms with Crippen LogP contribution in [0.15, 0.2) is 36.5 Å². The molecule has 1 saturated carbocycles. The first-order valence-electron chi connectivity index (χ1n) is 11.5. The van der Waals surface area contributed by atoms with Gasteiger partial charge in [-0.2, -0.15) is 0 Å². The Morgan fingerprint density at radius 1 is 1.10 bits per heavy atom. The van der Waals surface area contributed by atoms with Crippen LogP contribution >= 0.6 is 0 Å². The maximum atomic E-state index is 12.9. The van der Waals surface area contributed by atoms with Gasteiger partial charge in [0.15, 0.2) is 0 Å². The minimum absolute atomic E-state index is 0.256. The highest BCUT2D eigenvalue weighted by Gasteiger charge is 2.28. The van der Waals surface area contributed by atoms with Crippen molar-refractivity contribution in [2.45, 2.75) is 57.3 Å². The van der Waals surface area contributed by atoms with Gasteiger partial charge < -0.3 is 9.80 Å². The number of nitrogens with zero attached hydrogens (tertiary/aromatic N) is 4. The molecule has 1 aliphatic carbocycles. The molecule has 1 atom stereocenters. The van der Waals surface area contributed by atoms with E-state index in [1.54, 1.807) is 0 Å². The minimum atomic E-state index is 0.256. The topological polar surface area (TPSA) is 49.3 Å². The number of hydrogen-bond donors (Lipinski definition) is 0. The first-order valence-corrected chi connectivity index (χ1v) is 11.5. The van der Waals surface area contributed by atoms with Gasteiger partial charge in [0.05, 0.1) is 5.69 Å². The van der Waals surface area contributed by atoms with Gasteiger partial charge in [-0.3, -0.25) is 4.79 Å². The minimum Gasteiger partial charge on any atom is -0.347 e. The van der Waals surface area contributed by atoms with Crippen LogP contribution < -0.4 is 4.90 Å². The first-order chi connectivity index (χ1) is 14.6. The van der Waals surface area contributed by atoms with E-state index in [4.69, 9.17) is 4.98 Å². The van der Waals surface area contributed by atoms with Crippen molar-refractivity contribution in [1.29, 1.82) is 0 Å². The average molecular weight is 407 g/mol. The zero-order valence-corrected chi connectivity index (χ0v) is 18.4. The van der Waals surface area contributed by atoms with E-state index in [9.17, 15) is 4.79 Å². The number of aromatic nitrogens is 2. The zero-order valence-electron chi connectivity index (χ0n) is 18.4. The number of hydrogen-bond acceptors (Lipinski definition) is 4. The Bertz CT molecular complexity index is 845. The predicted octanol–water partition coefficient (Wildman–Crippen LogP) is 4.89. The number of carbonyl (C=O) groups is 1. The summed E-state index contributed by atoms with van der Waals surface area (Å²) in [4.78, 5) is 26.5. The van der Waals surface area contributed by atoms with Gasteiger partial charge in [-0.1, -0.05) is 56.0 Å². The molecule has 160 valence electrons. The molecule has 0 spiro atoms. The summed E-state index contributed by atoms with van der Waals surface area (Å²) in [6.45, 7) is 1.65. The fourth-order valence-corrected chi connectivity index (χ4v) is 4.96. The Morgan fingerprint density at radius 2 is 1.87 bits per heavy atom. The molecule has 1 saturated heterocycles. The highest BCUT2D eigenvalue weighted by atomic mass is 16.2. The molecular weight excluding hydrogens is 372 g/mol. The number of rotatable bonds is 6. The monoisotopic (exact) mass is 406 g/mol. The first kappa shape index (κ1) is 20.8. The SMILES string of the molecule is CN(C)c1ncc(-c2ccccc2)c([C@@H]2CCCN(C(=O)CCC3CCCC3)C2)n1. The van der Waals surface area contributed by atoms with Gasteiger partial charge >= 0.3 is 0 Å². The Kier molecular flexibility index (Phi) is 6.66. The molecule has 1 aromatic carbocycles. The van der Waals surface area contributed by atoms with E-state index in [0.29, 0.717) is 12.3 Å². The second kappa shape index (κ2) is 9.59. The lowest BCUT2D eigenvalue weighted by atomic mass is 9.89. The average Bonchev–Trinajstić information content (AvgIpc) is 3.31. The van der Waals surface area contributed by atoms with Crippen LogP contribution in [0.5, 0.6) is 0 Å². The van der Waals surface area contributed by atoms with Gasteiger partial charge in [0, 0.05) is 51.3 Å². The molecule has 5 heteroatoms. The number of carbonyl (C=O) groups excluding carboxylic acids is 1. The maximum absolute atomic E-state index is 12.9. The Hall–Kier alpha value is -2.43. The summed E-state index contributed by atoms with van der Waals surface area (Å²) in [5.74, 6) is 2.08. The van der Waals surface area contributed by atoms with Crippen molar-refractivity contribution >= 4 is 11.9 Å². The molecule has 30 heavy (non-hydrogen) atoms. The molecule has 4 rings (SSSR count). The predicted molar refractivity (Wildman–Crippen MR) is 122 cm³/mol. The van der Waals surface area contributed by atoms with Crippen LogP contribution in [0.2, 0.25) is 0 Å². The molecule has 0 unspecified atom stereocenters. The Labute approximate surface area is 180 Å². The highest BCUT2D eigenvalue weighted by Crippen LogP contribution is 2.34. The molecule has 2 heterocycles. The van der Waals surface area contributed by atoms with E-state index in [1.165, 1.54) is 25.7 Å². The zero-order chi connectivity index (χ0) is 20.9. The molecule has 2 aliphatic rings. The van der Waals surface area contributed by atoms with E-state index in [2.05, 4.69) is 34.1 Å². The Balaban J connectivity index is 1.53. The summed E-state index contributed by atoms with van der Waals surface area (Å²) in [7, 11) is 3.95. The summed E-state index contributed by atoms with van der Waals surface area (Å²) in [6, 6.07) is 10.4. The van der Waals surface area contributed by atoms with Crippen molar-refractivity contribution in [2.24, 2.45) is 5.92 Å². The number of piperidine rings is 1. The van der Waals surface area contributed by atoms with E-state index < -0.39 is 0 Å². The van der Waals surface area contributed by atoms with Gasteiger partial charge in [0.2, 0.25) is 11.9 Å². The molecule has 1 amide bonds. The van der Waals surface area contributed by atoms with Gasteiger partial charge in [-0.25, -0.2) is 9.97 Å². The third-order valence-corrected chi connectivity index (χ3v) is 6.69. The van der Waals surface area contributed by atoms with Crippen LogP contribution in [-0.4, -0.2) is 48.0 Å². The van der Waals surface area contributed by atoms with Crippen molar-refractivity contribution in [3.63, 3.8) is 0 Å². The lowest BCUT2D eigenvalue weighted by Gasteiger charge is -2.34. The van der Waals surface area contributed by atoms with Crippen molar-refractivity contribution in [3.8, 4) is 11.1 Å². The number of likely N-dealkylation sites (tertiary alicyclic amines) is 1. The second-order valence-corrected chi connectivity index (χ2v) is 9.10. The van der Waals surface area contributed by atoms with Crippen LogP contribution in [0.4, 0.5) is 5.95 Å². The highest BCUT2D eigenvalue weighted by molar-refractivity contribution is 5.76. The molecule has 1 aliphatic heterocycles. The van der Waals surface area contributed by atoms with Crippen LogP contribution in [0.3, 0.4) is 0 Å². The maximum Gasteiger partial charge on any atom is 0.225 e. The summed E-state index contributed by atoms with van der Waals surface area (Å²) in [5.41, 5.74) is 3.31. The summed E-state index contributed by atoms with van der Waals surface area (Å²) in [5, 5.41) is 0. The molecular formula is C25H34N4O. The number of benzene rings is 1. The van der Waals surface area contributed by atoms with Crippen LogP contribution in [0.25, 0.3) is 11.1 Å². The third kappa shape index (κ3) is 4.82. The lowest BCUT2D eigenvalue weighted by Crippen LogP contribution is -2.39. The molecule has 0 radical (unpaired) electrons. The van der Waals surface area contributed by atoms with Crippen molar-refractivity contribution < 1.29 is 4.79 Å². The standard InChI is InChI=1S/C25H34N4O/c1-28(2)25-26-17-22(20-11-4-3-5-12-20)24(27-25)21-13-8-16-29(18-21)23(30)15-14-19-9-6-7-10-19/h3-5,11-12,17,19,21H,6-10,13-16,18H2,1-2H3/t21-/m1/s1. The molecule has 0 bridgehead atoms. The molecule has 0 N–H and O–H groups in total. The van der Waals surface area contributed by atoms with Crippen LogP contribution in [0, 0.1) is 5.92 Å². The smallest absolute Gasteiger partial charge is 0.225 e. The van der Waals surface area contributed by atoms with Crippen molar-refractivity contribution in [1.82, 2.24) is 14.9 Å². The molecule has 2 fully saturated rings. The van der Waals surface area contributed by atoms with Crippen LogP contribution in [-0.2, 0) is 4.79 Å². The quantitative estimate of drug-likeness (QED) is 0.686. The van der Waals surface area contributed by atoms with E-state index in [-0.39, 0.29) is 5.92 Å². The van der Waals surface area contributed by atoms with Crippen molar-refractivity contribution in [3.05, 3.63) is 42.2 Å². The van der Waals surface area contributed by atoms with Crippen molar-refractivity contribution in [2.75, 3.05) is 32.1 Å². The fourth-order valence-electron chi connectivity index (χ4n) is 4.96. The normalized spacial score (nSPS) is 19.8. The second-order valence-electron chi connectivity index (χ2n) is 9.10. The summed E-state index contributed by atoms with van der Waals surface area (Å²) in [6.07, 6.45) is 11.1. The third-order valence-electron chi connectivity index (χ3n) is 6.69. The van der Waals surface area contributed by atoms with Gasteiger partial charge in [-0.05, 0) is 30.7 Å². The van der Waals surface area contributed by atoms with Crippen LogP contribution in [0.1, 0.15) is 63.0 Å². The van der Waals surface area contributed by atoms with E-state index in [1.807, 2.05) is 31.3 Å². The van der Waals surface area contributed by atoms with Gasteiger partial charge in [0.1, 0.15) is 0 Å². The van der Waals surface area contributed by atoms with Gasteiger partial charge in [-0.15, -0.1) is 0 Å².